The van der Waals surface area contributed by atoms with Gasteiger partial charge in [0.15, 0.2) is 0 Å². The molecule has 0 fully saturated rings. The summed E-state index contributed by atoms with van der Waals surface area (Å²) in [6.07, 6.45) is 0. The molecule has 0 saturated heterocycles. The molecular formula is C16H17ClN4O3. The Morgan fingerprint density at radius 1 is 1.38 bits per heavy atom. The predicted octanol–water partition coefficient (Wildman–Crippen LogP) is 3.13. The van der Waals surface area contributed by atoms with Crippen LogP contribution in [0.2, 0.25) is 5.02 Å². The van der Waals surface area contributed by atoms with Crippen LogP contribution in [0.1, 0.15) is 17.1 Å². The van der Waals surface area contributed by atoms with Crippen LogP contribution in [0.5, 0.6) is 5.75 Å². The second kappa shape index (κ2) is 6.84. The number of H-pyrrole nitrogens is 1. The van der Waals surface area contributed by atoms with E-state index in [9.17, 15) is 4.79 Å². The lowest BCUT2D eigenvalue weighted by Gasteiger charge is -2.06. The zero-order valence-electron chi connectivity index (χ0n) is 13.3. The number of nitrogens with one attached hydrogen (secondary N) is 3. The van der Waals surface area contributed by atoms with E-state index in [1.54, 1.807) is 7.05 Å². The number of benzene rings is 1. The van der Waals surface area contributed by atoms with Gasteiger partial charge in [-0.2, -0.15) is 0 Å². The van der Waals surface area contributed by atoms with E-state index in [1.807, 2.05) is 31.2 Å². The van der Waals surface area contributed by atoms with Crippen molar-refractivity contribution in [1.29, 1.82) is 0 Å². The minimum atomic E-state index is -0.237. The first-order chi connectivity index (χ1) is 11.5. The number of fused-ring (bicyclic) bond motifs is 1. The van der Waals surface area contributed by atoms with Crippen molar-refractivity contribution >= 4 is 28.5 Å². The van der Waals surface area contributed by atoms with Crippen molar-refractivity contribution in [3.63, 3.8) is 0 Å². The number of ether oxygens (including phenoxy) is 1. The SMILES string of the molecule is CNC(=O)NCc1cc2cc(Cl)c(OCc3cc(C)on3)cc2[nH]1. The number of aromatic amines is 1. The van der Waals surface area contributed by atoms with E-state index in [2.05, 4.69) is 20.8 Å². The quantitative estimate of drug-likeness (QED) is 0.660. The zero-order chi connectivity index (χ0) is 17.1. The maximum absolute atomic E-state index is 11.2. The standard InChI is InChI=1S/C16H17ClN4O3/c1-9-3-12(21-24-9)8-23-15-6-14-10(5-13(15)17)4-11(20-14)7-19-16(22)18-2/h3-6,20H,7-8H2,1-2H3,(H2,18,19,22). The molecule has 126 valence electrons. The molecule has 2 aromatic heterocycles. The summed E-state index contributed by atoms with van der Waals surface area (Å²) in [6.45, 7) is 2.48. The molecule has 3 rings (SSSR count). The number of carbonyl (C=O) groups is 1. The highest BCUT2D eigenvalue weighted by molar-refractivity contribution is 6.32. The largest absolute Gasteiger partial charge is 0.486 e. The first kappa shape index (κ1) is 16.2. The summed E-state index contributed by atoms with van der Waals surface area (Å²) in [5, 5.41) is 10.6. The van der Waals surface area contributed by atoms with Gasteiger partial charge < -0.3 is 24.9 Å². The van der Waals surface area contributed by atoms with E-state index in [1.165, 1.54) is 0 Å². The predicted molar refractivity (Wildman–Crippen MR) is 90.2 cm³/mol. The zero-order valence-corrected chi connectivity index (χ0v) is 14.0. The monoisotopic (exact) mass is 348 g/mol. The van der Waals surface area contributed by atoms with E-state index >= 15 is 0 Å². The molecule has 0 unspecified atom stereocenters. The molecule has 2 amide bonds. The van der Waals surface area contributed by atoms with E-state index in [-0.39, 0.29) is 12.6 Å². The fourth-order valence-electron chi connectivity index (χ4n) is 2.30. The number of urea groups is 1. The number of nitrogens with zero attached hydrogens (tertiary/aromatic N) is 1. The van der Waals surface area contributed by atoms with Crippen molar-refractivity contribution in [2.24, 2.45) is 0 Å². The van der Waals surface area contributed by atoms with Gasteiger partial charge >= 0.3 is 6.03 Å². The number of rotatable bonds is 5. The first-order valence-corrected chi connectivity index (χ1v) is 7.74. The highest BCUT2D eigenvalue weighted by Gasteiger charge is 2.09. The average molecular weight is 349 g/mol. The second-order valence-electron chi connectivity index (χ2n) is 5.31. The van der Waals surface area contributed by atoms with Gasteiger partial charge in [0.2, 0.25) is 0 Å². The summed E-state index contributed by atoms with van der Waals surface area (Å²) in [5.41, 5.74) is 2.44. The maximum atomic E-state index is 11.2. The molecule has 0 spiro atoms. The van der Waals surface area contributed by atoms with Crippen LogP contribution in [0.15, 0.2) is 28.8 Å². The van der Waals surface area contributed by atoms with Gasteiger partial charge in [0.1, 0.15) is 23.8 Å². The van der Waals surface area contributed by atoms with Gasteiger partial charge in [-0.25, -0.2) is 4.79 Å². The molecule has 3 aromatic rings. The summed E-state index contributed by atoms with van der Waals surface area (Å²) in [5.74, 6) is 1.28. The summed E-state index contributed by atoms with van der Waals surface area (Å²) in [6, 6.07) is 7.15. The molecule has 0 aliphatic rings. The Bertz CT molecular complexity index is 871. The third-order valence-corrected chi connectivity index (χ3v) is 3.74. The summed E-state index contributed by atoms with van der Waals surface area (Å²) >= 11 is 6.27. The van der Waals surface area contributed by atoms with Gasteiger partial charge in [-0.05, 0) is 19.1 Å². The number of aromatic nitrogens is 2. The number of amides is 2. The number of hydrogen-bond donors (Lipinski definition) is 3. The molecular weight excluding hydrogens is 332 g/mol. The molecule has 3 N–H and O–H groups in total. The topological polar surface area (TPSA) is 92.2 Å². The lowest BCUT2D eigenvalue weighted by Crippen LogP contribution is -2.32. The first-order valence-electron chi connectivity index (χ1n) is 7.37. The van der Waals surface area contributed by atoms with Crippen LogP contribution in [0, 0.1) is 6.92 Å². The van der Waals surface area contributed by atoms with Crippen molar-refractivity contribution in [3.8, 4) is 5.75 Å². The molecule has 0 radical (unpaired) electrons. The van der Waals surface area contributed by atoms with Crippen molar-refractivity contribution in [2.45, 2.75) is 20.1 Å². The van der Waals surface area contributed by atoms with Crippen LogP contribution in [-0.4, -0.2) is 23.2 Å². The Balaban J connectivity index is 1.74. The molecule has 0 aliphatic heterocycles. The van der Waals surface area contributed by atoms with Gasteiger partial charge in [0.25, 0.3) is 0 Å². The van der Waals surface area contributed by atoms with Crippen LogP contribution in [0.3, 0.4) is 0 Å². The van der Waals surface area contributed by atoms with Crippen LogP contribution in [0.4, 0.5) is 4.79 Å². The Kier molecular flexibility index (Phi) is 4.61. The normalized spacial score (nSPS) is 10.8. The Hall–Kier alpha value is -2.67. The van der Waals surface area contributed by atoms with Crippen molar-refractivity contribution in [2.75, 3.05) is 7.05 Å². The number of halogens is 1. The Morgan fingerprint density at radius 2 is 2.21 bits per heavy atom. The Labute approximate surface area is 143 Å². The molecule has 0 atom stereocenters. The molecule has 1 aromatic carbocycles. The highest BCUT2D eigenvalue weighted by Crippen LogP contribution is 2.31. The van der Waals surface area contributed by atoms with Gasteiger partial charge in [-0.3, -0.25) is 0 Å². The van der Waals surface area contributed by atoms with Crippen LogP contribution in [-0.2, 0) is 13.2 Å². The van der Waals surface area contributed by atoms with Crippen LogP contribution >= 0.6 is 11.6 Å². The molecule has 8 heteroatoms. The molecule has 0 aliphatic carbocycles. The van der Waals surface area contributed by atoms with Gasteiger partial charge in [0.05, 0.1) is 11.6 Å². The molecule has 7 nitrogen and oxygen atoms in total. The second-order valence-corrected chi connectivity index (χ2v) is 5.72. The molecule has 2 heterocycles. The van der Waals surface area contributed by atoms with E-state index in [0.29, 0.717) is 23.0 Å². The fourth-order valence-corrected chi connectivity index (χ4v) is 2.53. The highest BCUT2D eigenvalue weighted by atomic mass is 35.5. The summed E-state index contributed by atoms with van der Waals surface area (Å²) in [7, 11) is 1.57. The molecule has 24 heavy (non-hydrogen) atoms. The summed E-state index contributed by atoms with van der Waals surface area (Å²) in [4.78, 5) is 14.5. The van der Waals surface area contributed by atoms with Gasteiger partial charge in [-0.15, -0.1) is 0 Å². The van der Waals surface area contributed by atoms with Crippen LogP contribution in [0.25, 0.3) is 10.9 Å². The number of aryl methyl sites for hydroxylation is 1. The van der Waals surface area contributed by atoms with E-state index in [0.717, 1.165) is 22.4 Å². The van der Waals surface area contributed by atoms with E-state index in [4.69, 9.17) is 20.9 Å². The third-order valence-electron chi connectivity index (χ3n) is 3.45. The summed E-state index contributed by atoms with van der Waals surface area (Å²) < 4.78 is 10.7. The van der Waals surface area contributed by atoms with Gasteiger partial charge in [-0.1, -0.05) is 16.8 Å². The number of carbonyl (C=O) groups excluding carboxylic acids is 1. The molecule has 0 bridgehead atoms. The smallest absolute Gasteiger partial charge is 0.314 e. The third kappa shape index (κ3) is 3.62. The van der Waals surface area contributed by atoms with Crippen molar-refractivity contribution in [3.05, 3.63) is 46.4 Å². The Morgan fingerprint density at radius 3 is 2.92 bits per heavy atom. The molecule has 0 saturated carbocycles. The maximum Gasteiger partial charge on any atom is 0.314 e. The minimum absolute atomic E-state index is 0.237. The lowest BCUT2D eigenvalue weighted by molar-refractivity contribution is 0.242. The number of hydrogen-bond acceptors (Lipinski definition) is 4. The fraction of sp³-hybridized carbons (Fsp3) is 0.250. The van der Waals surface area contributed by atoms with Crippen LogP contribution < -0.4 is 15.4 Å². The van der Waals surface area contributed by atoms with Gasteiger partial charge in [0, 0.05) is 35.8 Å². The lowest BCUT2D eigenvalue weighted by atomic mass is 10.2. The average Bonchev–Trinajstić information content (AvgIpc) is 3.15. The van der Waals surface area contributed by atoms with E-state index < -0.39 is 0 Å². The minimum Gasteiger partial charge on any atom is -0.486 e. The van der Waals surface area contributed by atoms with Crippen molar-refractivity contribution < 1.29 is 14.1 Å². The van der Waals surface area contributed by atoms with Crippen molar-refractivity contribution in [1.82, 2.24) is 20.8 Å².